The molecule has 134 valence electrons. The zero-order valence-corrected chi connectivity index (χ0v) is 14.4. The van der Waals surface area contributed by atoms with Crippen LogP contribution in [0.1, 0.15) is 41.7 Å². The zero-order valence-electron chi connectivity index (χ0n) is 14.4. The molecule has 0 unspecified atom stereocenters. The standard InChI is InChI=1S/C18H19N5O3/c1-23-10-2-3-14(18(23)25)16(24)22-12-4-6-13(7-5-12)26-17-15(11-19)20-8-9-21-17/h2-3,8-10,12-13H,4-7H2,1H3,(H,22,24). The van der Waals surface area contributed by atoms with Crippen LogP contribution in [-0.4, -0.2) is 32.6 Å². The van der Waals surface area contributed by atoms with Gasteiger partial charge in [0, 0.05) is 31.7 Å². The first-order valence-electron chi connectivity index (χ1n) is 8.42. The summed E-state index contributed by atoms with van der Waals surface area (Å²) >= 11 is 0. The fraction of sp³-hybridized carbons (Fsp3) is 0.389. The molecule has 2 aromatic rings. The van der Waals surface area contributed by atoms with Crippen molar-refractivity contribution in [3.8, 4) is 11.9 Å². The Hall–Kier alpha value is -3.21. The highest BCUT2D eigenvalue weighted by atomic mass is 16.5. The van der Waals surface area contributed by atoms with Crippen LogP contribution in [0, 0.1) is 11.3 Å². The lowest BCUT2D eigenvalue weighted by Gasteiger charge is -2.29. The number of aromatic nitrogens is 3. The Morgan fingerprint density at radius 1 is 1.31 bits per heavy atom. The molecule has 26 heavy (non-hydrogen) atoms. The van der Waals surface area contributed by atoms with Crippen molar-refractivity contribution in [3.63, 3.8) is 0 Å². The molecule has 0 atom stereocenters. The van der Waals surface area contributed by atoms with Gasteiger partial charge in [0.05, 0.1) is 0 Å². The van der Waals surface area contributed by atoms with Crippen LogP contribution in [0.3, 0.4) is 0 Å². The Morgan fingerprint density at radius 2 is 2.04 bits per heavy atom. The SMILES string of the molecule is Cn1cccc(C(=O)NC2CCC(Oc3nccnc3C#N)CC2)c1=O. The molecule has 8 nitrogen and oxygen atoms in total. The highest BCUT2D eigenvalue weighted by Gasteiger charge is 2.25. The predicted molar refractivity (Wildman–Crippen MR) is 92.6 cm³/mol. The molecule has 1 fully saturated rings. The van der Waals surface area contributed by atoms with Crippen molar-refractivity contribution in [1.82, 2.24) is 19.9 Å². The Balaban J connectivity index is 1.56. The summed E-state index contributed by atoms with van der Waals surface area (Å²) < 4.78 is 7.17. The third-order valence-corrected chi connectivity index (χ3v) is 4.43. The van der Waals surface area contributed by atoms with E-state index < -0.39 is 0 Å². The first-order chi connectivity index (χ1) is 12.6. The summed E-state index contributed by atoms with van der Waals surface area (Å²) in [6.07, 6.45) is 7.38. The Labute approximate surface area is 150 Å². The van der Waals surface area contributed by atoms with Crippen molar-refractivity contribution in [1.29, 1.82) is 5.26 Å². The largest absolute Gasteiger partial charge is 0.472 e. The van der Waals surface area contributed by atoms with Crippen LogP contribution in [0.5, 0.6) is 5.88 Å². The topological polar surface area (TPSA) is 110 Å². The van der Waals surface area contributed by atoms with Crippen LogP contribution in [0.2, 0.25) is 0 Å². The lowest BCUT2D eigenvalue weighted by atomic mass is 9.92. The molecular formula is C18H19N5O3. The minimum atomic E-state index is -0.351. The third-order valence-electron chi connectivity index (χ3n) is 4.43. The number of rotatable bonds is 4. The molecular weight excluding hydrogens is 334 g/mol. The van der Waals surface area contributed by atoms with Crippen LogP contribution >= 0.6 is 0 Å². The molecule has 0 saturated heterocycles. The highest BCUT2D eigenvalue weighted by molar-refractivity contribution is 5.93. The molecule has 8 heteroatoms. The number of hydrogen-bond donors (Lipinski definition) is 1. The number of carbonyl (C=O) groups excluding carboxylic acids is 1. The van der Waals surface area contributed by atoms with Crippen molar-refractivity contribution >= 4 is 5.91 Å². The average molecular weight is 353 g/mol. The maximum atomic E-state index is 12.3. The number of nitrogens with one attached hydrogen (secondary N) is 1. The summed E-state index contributed by atoms with van der Waals surface area (Å²) in [5.74, 6) is -0.105. The average Bonchev–Trinajstić information content (AvgIpc) is 2.66. The third kappa shape index (κ3) is 3.88. The molecule has 1 saturated carbocycles. The van der Waals surface area contributed by atoms with Gasteiger partial charge in [-0.15, -0.1) is 0 Å². The van der Waals surface area contributed by atoms with E-state index in [0.717, 1.165) is 25.7 Å². The second-order valence-electron chi connectivity index (χ2n) is 6.22. The molecule has 1 N–H and O–H groups in total. The maximum absolute atomic E-state index is 12.3. The van der Waals surface area contributed by atoms with Crippen molar-refractivity contribution < 1.29 is 9.53 Å². The van der Waals surface area contributed by atoms with Crippen LogP contribution in [0.25, 0.3) is 0 Å². The second kappa shape index (κ2) is 7.78. The van der Waals surface area contributed by atoms with Crippen molar-refractivity contribution in [2.24, 2.45) is 7.05 Å². The van der Waals surface area contributed by atoms with Gasteiger partial charge < -0.3 is 14.6 Å². The minimum Gasteiger partial charge on any atom is -0.472 e. The summed E-state index contributed by atoms with van der Waals surface area (Å²) in [7, 11) is 1.61. The van der Waals surface area contributed by atoms with Gasteiger partial charge in [-0.1, -0.05) is 0 Å². The van der Waals surface area contributed by atoms with Gasteiger partial charge in [0.25, 0.3) is 17.3 Å². The lowest BCUT2D eigenvalue weighted by Crippen LogP contribution is -2.41. The number of nitriles is 1. The molecule has 0 bridgehead atoms. The molecule has 0 aliphatic heterocycles. The molecule has 2 aromatic heterocycles. The van der Waals surface area contributed by atoms with Gasteiger partial charge in [-0.2, -0.15) is 5.26 Å². The number of amides is 1. The van der Waals surface area contributed by atoms with Crippen LogP contribution < -0.4 is 15.6 Å². The number of carbonyl (C=O) groups is 1. The zero-order chi connectivity index (χ0) is 18.5. The van der Waals surface area contributed by atoms with E-state index in [2.05, 4.69) is 15.3 Å². The minimum absolute atomic E-state index is 0.00967. The van der Waals surface area contributed by atoms with Gasteiger partial charge in [0.1, 0.15) is 17.7 Å². The van der Waals surface area contributed by atoms with E-state index >= 15 is 0 Å². The molecule has 0 aromatic carbocycles. The number of pyridine rings is 1. The van der Waals surface area contributed by atoms with Crippen molar-refractivity contribution in [2.45, 2.75) is 37.8 Å². The monoisotopic (exact) mass is 353 g/mol. The Morgan fingerprint density at radius 3 is 2.77 bits per heavy atom. The Kier molecular flexibility index (Phi) is 5.27. The quantitative estimate of drug-likeness (QED) is 0.883. The maximum Gasteiger partial charge on any atom is 0.263 e. The van der Waals surface area contributed by atoms with Crippen LogP contribution in [0.4, 0.5) is 0 Å². The number of hydrogen-bond acceptors (Lipinski definition) is 6. The molecule has 3 rings (SSSR count). The predicted octanol–water partition coefficient (Wildman–Crippen LogP) is 1.17. The summed E-state index contributed by atoms with van der Waals surface area (Å²) in [6, 6.07) is 5.16. The van der Waals surface area contributed by atoms with Gasteiger partial charge in [-0.25, -0.2) is 9.97 Å². The van der Waals surface area contributed by atoms with E-state index in [4.69, 9.17) is 10.00 Å². The summed E-state index contributed by atoms with van der Waals surface area (Å²) in [5, 5.41) is 12.0. The van der Waals surface area contributed by atoms with Gasteiger partial charge >= 0.3 is 0 Å². The van der Waals surface area contributed by atoms with Gasteiger partial charge in [-0.05, 0) is 37.8 Å². The van der Waals surface area contributed by atoms with E-state index in [-0.39, 0.29) is 40.7 Å². The second-order valence-corrected chi connectivity index (χ2v) is 6.22. The van der Waals surface area contributed by atoms with Crippen molar-refractivity contribution in [3.05, 3.63) is 52.3 Å². The van der Waals surface area contributed by atoms with E-state index in [1.807, 2.05) is 6.07 Å². The molecule has 1 amide bonds. The fourth-order valence-corrected chi connectivity index (χ4v) is 3.00. The first kappa shape index (κ1) is 17.6. The first-order valence-corrected chi connectivity index (χ1v) is 8.42. The molecule has 0 spiro atoms. The van der Waals surface area contributed by atoms with Crippen LogP contribution in [-0.2, 0) is 7.05 Å². The molecule has 1 aliphatic carbocycles. The number of nitrogens with zero attached hydrogens (tertiary/aromatic N) is 4. The fourth-order valence-electron chi connectivity index (χ4n) is 3.00. The van der Waals surface area contributed by atoms with E-state index in [1.54, 1.807) is 19.3 Å². The van der Waals surface area contributed by atoms with Crippen LogP contribution in [0.15, 0.2) is 35.5 Å². The van der Waals surface area contributed by atoms with E-state index in [9.17, 15) is 9.59 Å². The summed E-state index contributed by atoms with van der Waals surface area (Å²) in [4.78, 5) is 32.3. The normalized spacial score (nSPS) is 19.4. The van der Waals surface area contributed by atoms with Crippen molar-refractivity contribution in [2.75, 3.05) is 0 Å². The highest BCUT2D eigenvalue weighted by Crippen LogP contribution is 2.24. The number of aryl methyl sites for hydroxylation is 1. The lowest BCUT2D eigenvalue weighted by molar-refractivity contribution is 0.0887. The smallest absolute Gasteiger partial charge is 0.263 e. The van der Waals surface area contributed by atoms with Gasteiger partial charge in [-0.3, -0.25) is 9.59 Å². The molecule has 1 aliphatic rings. The summed E-state index contributed by atoms with van der Waals surface area (Å²) in [6.45, 7) is 0. The van der Waals surface area contributed by atoms with E-state index in [1.165, 1.54) is 23.0 Å². The van der Waals surface area contributed by atoms with E-state index in [0.29, 0.717) is 0 Å². The summed E-state index contributed by atoms with van der Waals surface area (Å²) in [5.41, 5.74) is 0.00292. The van der Waals surface area contributed by atoms with Gasteiger partial charge in [0.15, 0.2) is 0 Å². The number of ether oxygens (including phenoxy) is 1. The van der Waals surface area contributed by atoms with Gasteiger partial charge in [0.2, 0.25) is 5.69 Å². The Bertz CT molecular complexity index is 894. The molecule has 0 radical (unpaired) electrons. The molecule has 2 heterocycles.